The standard InChI is InChI=1S/C18H19ClN2O/c1-2-3-9-17(14-7-5-4-6-8-14)20-21-18(22)15-10-12-16(19)13-11-15/h4-8,10-13H,2-3,9H2,1H3,(H,21,22)/b20-17-. The average molecular weight is 315 g/mol. The fourth-order valence-electron chi connectivity index (χ4n) is 2.02. The summed E-state index contributed by atoms with van der Waals surface area (Å²) in [5.41, 5.74) is 5.10. The highest BCUT2D eigenvalue weighted by Crippen LogP contribution is 2.10. The Bertz CT molecular complexity index is 636. The molecule has 114 valence electrons. The van der Waals surface area contributed by atoms with Crippen molar-refractivity contribution in [1.29, 1.82) is 0 Å². The number of nitrogens with zero attached hydrogens (tertiary/aromatic N) is 1. The Balaban J connectivity index is 2.12. The Morgan fingerprint density at radius 1 is 1.05 bits per heavy atom. The fourth-order valence-corrected chi connectivity index (χ4v) is 2.15. The van der Waals surface area contributed by atoms with Crippen LogP contribution in [0.4, 0.5) is 0 Å². The van der Waals surface area contributed by atoms with Gasteiger partial charge in [-0.2, -0.15) is 5.10 Å². The summed E-state index contributed by atoms with van der Waals surface area (Å²) < 4.78 is 0. The van der Waals surface area contributed by atoms with Crippen molar-refractivity contribution < 1.29 is 4.79 Å². The maximum absolute atomic E-state index is 12.1. The molecular formula is C18H19ClN2O. The topological polar surface area (TPSA) is 41.5 Å². The van der Waals surface area contributed by atoms with Crippen molar-refractivity contribution in [2.45, 2.75) is 26.2 Å². The summed E-state index contributed by atoms with van der Waals surface area (Å²) in [6.45, 7) is 2.13. The third-order valence-corrected chi connectivity index (χ3v) is 3.52. The molecule has 0 saturated heterocycles. The van der Waals surface area contributed by atoms with E-state index in [1.165, 1.54) is 0 Å². The summed E-state index contributed by atoms with van der Waals surface area (Å²) in [7, 11) is 0. The monoisotopic (exact) mass is 314 g/mol. The van der Waals surface area contributed by atoms with Crippen molar-refractivity contribution in [2.75, 3.05) is 0 Å². The van der Waals surface area contributed by atoms with E-state index in [2.05, 4.69) is 17.5 Å². The van der Waals surface area contributed by atoms with Crippen LogP contribution in [0, 0.1) is 0 Å². The second kappa shape index (κ2) is 8.35. The van der Waals surface area contributed by atoms with Crippen molar-refractivity contribution >= 4 is 23.2 Å². The number of unbranched alkanes of at least 4 members (excludes halogenated alkanes) is 1. The molecule has 1 N–H and O–H groups in total. The molecule has 0 aromatic heterocycles. The number of amides is 1. The lowest BCUT2D eigenvalue weighted by Crippen LogP contribution is -2.20. The number of benzene rings is 2. The number of nitrogens with one attached hydrogen (secondary N) is 1. The zero-order chi connectivity index (χ0) is 15.8. The predicted octanol–water partition coefficient (Wildman–Crippen LogP) is 4.66. The van der Waals surface area contributed by atoms with Gasteiger partial charge in [0.25, 0.3) is 5.91 Å². The van der Waals surface area contributed by atoms with Crippen molar-refractivity contribution in [1.82, 2.24) is 5.43 Å². The average Bonchev–Trinajstić information content (AvgIpc) is 2.56. The van der Waals surface area contributed by atoms with Gasteiger partial charge in [0.15, 0.2) is 0 Å². The molecule has 0 spiro atoms. The van der Waals surface area contributed by atoms with E-state index < -0.39 is 0 Å². The number of hydrogen-bond donors (Lipinski definition) is 1. The van der Waals surface area contributed by atoms with Gasteiger partial charge < -0.3 is 0 Å². The first kappa shape index (κ1) is 16.2. The van der Waals surface area contributed by atoms with E-state index in [-0.39, 0.29) is 5.91 Å². The fraction of sp³-hybridized carbons (Fsp3) is 0.222. The van der Waals surface area contributed by atoms with Gasteiger partial charge in [0.1, 0.15) is 0 Å². The minimum atomic E-state index is -0.235. The molecule has 2 aromatic carbocycles. The number of carbonyl (C=O) groups is 1. The molecule has 2 rings (SSSR count). The van der Waals surface area contributed by atoms with Crippen molar-refractivity contribution in [3.05, 3.63) is 70.7 Å². The number of carbonyl (C=O) groups excluding carboxylic acids is 1. The Labute approximate surface area is 136 Å². The maximum Gasteiger partial charge on any atom is 0.271 e. The minimum Gasteiger partial charge on any atom is -0.267 e. The van der Waals surface area contributed by atoms with Crippen LogP contribution in [0.15, 0.2) is 59.7 Å². The van der Waals surface area contributed by atoms with Gasteiger partial charge in [0.05, 0.1) is 5.71 Å². The summed E-state index contributed by atoms with van der Waals surface area (Å²) in [5.74, 6) is -0.235. The minimum absolute atomic E-state index is 0.235. The molecule has 22 heavy (non-hydrogen) atoms. The second-order valence-corrected chi connectivity index (χ2v) is 5.41. The largest absolute Gasteiger partial charge is 0.271 e. The van der Waals surface area contributed by atoms with Gasteiger partial charge in [-0.15, -0.1) is 0 Å². The van der Waals surface area contributed by atoms with Gasteiger partial charge in [-0.1, -0.05) is 55.3 Å². The first-order valence-electron chi connectivity index (χ1n) is 7.38. The van der Waals surface area contributed by atoms with Gasteiger partial charge in [-0.3, -0.25) is 4.79 Å². The van der Waals surface area contributed by atoms with Crippen LogP contribution in [0.5, 0.6) is 0 Å². The molecule has 0 aliphatic carbocycles. The summed E-state index contributed by atoms with van der Waals surface area (Å²) in [6.07, 6.45) is 2.95. The molecule has 0 atom stereocenters. The van der Waals surface area contributed by atoms with Crippen LogP contribution in [-0.2, 0) is 0 Å². The molecule has 0 fully saturated rings. The molecule has 3 nitrogen and oxygen atoms in total. The van der Waals surface area contributed by atoms with Crippen LogP contribution in [-0.4, -0.2) is 11.6 Å². The normalized spacial score (nSPS) is 11.3. The predicted molar refractivity (Wildman–Crippen MR) is 91.4 cm³/mol. The highest BCUT2D eigenvalue weighted by Gasteiger charge is 2.07. The molecular weight excluding hydrogens is 296 g/mol. The zero-order valence-corrected chi connectivity index (χ0v) is 13.3. The van der Waals surface area contributed by atoms with Crippen LogP contribution in [0.2, 0.25) is 5.02 Å². The van der Waals surface area contributed by atoms with Gasteiger partial charge in [0.2, 0.25) is 0 Å². The number of halogens is 1. The second-order valence-electron chi connectivity index (χ2n) is 4.98. The highest BCUT2D eigenvalue weighted by atomic mass is 35.5. The van der Waals surface area contributed by atoms with E-state index in [9.17, 15) is 4.79 Å². The van der Waals surface area contributed by atoms with E-state index in [0.29, 0.717) is 10.6 Å². The van der Waals surface area contributed by atoms with Crippen molar-refractivity contribution in [2.24, 2.45) is 5.10 Å². The highest BCUT2D eigenvalue weighted by molar-refractivity contribution is 6.30. The van der Waals surface area contributed by atoms with Crippen LogP contribution in [0.1, 0.15) is 42.1 Å². The Kier molecular flexibility index (Phi) is 6.16. The molecule has 0 aliphatic heterocycles. The lowest BCUT2D eigenvalue weighted by molar-refractivity contribution is 0.0955. The summed E-state index contributed by atoms with van der Waals surface area (Å²) in [5, 5.41) is 4.92. The van der Waals surface area contributed by atoms with Crippen LogP contribution < -0.4 is 5.43 Å². The number of hydrogen-bond acceptors (Lipinski definition) is 2. The maximum atomic E-state index is 12.1. The van der Waals surface area contributed by atoms with E-state index >= 15 is 0 Å². The molecule has 0 heterocycles. The lowest BCUT2D eigenvalue weighted by atomic mass is 10.1. The summed E-state index contributed by atoms with van der Waals surface area (Å²) in [4.78, 5) is 12.1. The van der Waals surface area contributed by atoms with E-state index in [1.54, 1.807) is 24.3 Å². The zero-order valence-electron chi connectivity index (χ0n) is 12.6. The molecule has 0 bridgehead atoms. The van der Waals surface area contributed by atoms with Gasteiger partial charge in [-0.25, -0.2) is 5.43 Å². The molecule has 1 amide bonds. The number of rotatable bonds is 6. The molecule has 0 unspecified atom stereocenters. The molecule has 0 radical (unpaired) electrons. The third-order valence-electron chi connectivity index (χ3n) is 3.27. The SMILES string of the molecule is CCCC/C(=N/NC(=O)c1ccc(Cl)cc1)c1ccccc1. The van der Waals surface area contributed by atoms with Gasteiger partial charge in [0, 0.05) is 10.6 Å². The number of hydrazone groups is 1. The first-order valence-corrected chi connectivity index (χ1v) is 7.76. The van der Waals surface area contributed by atoms with E-state index in [1.807, 2.05) is 30.3 Å². The Morgan fingerprint density at radius 3 is 2.36 bits per heavy atom. The Hall–Kier alpha value is -2.13. The van der Waals surface area contributed by atoms with Gasteiger partial charge >= 0.3 is 0 Å². The molecule has 0 aliphatic rings. The first-order chi connectivity index (χ1) is 10.7. The van der Waals surface area contributed by atoms with E-state index in [0.717, 1.165) is 30.5 Å². The van der Waals surface area contributed by atoms with Crippen LogP contribution in [0.25, 0.3) is 0 Å². The molecule has 0 saturated carbocycles. The molecule has 2 aromatic rings. The molecule has 4 heteroatoms. The Morgan fingerprint density at radius 2 is 1.73 bits per heavy atom. The smallest absolute Gasteiger partial charge is 0.267 e. The van der Waals surface area contributed by atoms with Crippen LogP contribution >= 0.6 is 11.6 Å². The van der Waals surface area contributed by atoms with Crippen molar-refractivity contribution in [3.63, 3.8) is 0 Å². The van der Waals surface area contributed by atoms with E-state index in [4.69, 9.17) is 11.6 Å². The summed E-state index contributed by atoms with van der Waals surface area (Å²) >= 11 is 5.82. The van der Waals surface area contributed by atoms with Gasteiger partial charge in [-0.05, 0) is 42.7 Å². The van der Waals surface area contributed by atoms with Crippen LogP contribution in [0.3, 0.4) is 0 Å². The third kappa shape index (κ3) is 4.71. The quantitative estimate of drug-likeness (QED) is 0.611. The summed E-state index contributed by atoms with van der Waals surface area (Å²) in [6, 6.07) is 16.7. The van der Waals surface area contributed by atoms with Crippen molar-refractivity contribution in [3.8, 4) is 0 Å². The lowest BCUT2D eigenvalue weighted by Gasteiger charge is -2.07.